The van der Waals surface area contributed by atoms with Gasteiger partial charge in [0.15, 0.2) is 0 Å². The molecule has 0 saturated heterocycles. The van der Waals surface area contributed by atoms with E-state index >= 15 is 0 Å². The van der Waals surface area contributed by atoms with Gasteiger partial charge in [0, 0.05) is 0 Å². The van der Waals surface area contributed by atoms with Gasteiger partial charge in [0.25, 0.3) is 0 Å². The molecule has 0 saturated carbocycles. The van der Waals surface area contributed by atoms with Gasteiger partial charge in [0.1, 0.15) is 24.2 Å². The van der Waals surface area contributed by atoms with Gasteiger partial charge in [0.05, 0.1) is 0 Å². The highest BCUT2D eigenvalue weighted by atomic mass is 19.1. The summed E-state index contributed by atoms with van der Waals surface area (Å²) in [4.78, 5) is 3.78. The molecule has 0 amide bonds. The van der Waals surface area contributed by atoms with Gasteiger partial charge in [-0.15, -0.1) is 0 Å². The van der Waals surface area contributed by atoms with E-state index in [0.717, 1.165) is 18.4 Å². The summed E-state index contributed by atoms with van der Waals surface area (Å²) in [6, 6.07) is 5.11. The van der Waals surface area contributed by atoms with Gasteiger partial charge in [-0.05, 0) is 37.1 Å². The summed E-state index contributed by atoms with van der Waals surface area (Å²) in [5.41, 5.74) is 6.77. The Morgan fingerprint density at radius 3 is 2.88 bits per heavy atom. The third-order valence-corrected chi connectivity index (χ3v) is 2.35. The summed E-state index contributed by atoms with van der Waals surface area (Å²) in [7, 11) is 0. The Hall–Kier alpha value is -1.75. The average molecular weight is 220 g/mol. The first-order valence-corrected chi connectivity index (χ1v) is 5.15. The number of nitrogens with zero attached hydrogens (tertiary/aromatic N) is 3. The number of aromatic nitrogens is 3. The Morgan fingerprint density at radius 2 is 2.25 bits per heavy atom. The monoisotopic (exact) mass is 220 g/mol. The van der Waals surface area contributed by atoms with E-state index in [1.54, 1.807) is 6.07 Å². The van der Waals surface area contributed by atoms with Crippen molar-refractivity contribution < 1.29 is 4.39 Å². The van der Waals surface area contributed by atoms with Crippen molar-refractivity contribution in [1.82, 2.24) is 14.8 Å². The molecule has 16 heavy (non-hydrogen) atoms. The smallest absolute Gasteiger partial charge is 0.149 e. The quantitative estimate of drug-likeness (QED) is 0.844. The fourth-order valence-corrected chi connectivity index (χ4v) is 1.53. The Labute approximate surface area is 92.9 Å². The minimum absolute atomic E-state index is 0.292. The molecular weight excluding hydrogens is 207 g/mol. The summed E-state index contributed by atoms with van der Waals surface area (Å²) in [5.74, 6) is -0.292. The molecule has 2 aromatic rings. The average Bonchev–Trinajstić information content (AvgIpc) is 2.80. The Kier molecular flexibility index (Phi) is 3.26. The van der Waals surface area contributed by atoms with E-state index in [-0.39, 0.29) is 5.82 Å². The molecule has 0 bridgehead atoms. The van der Waals surface area contributed by atoms with Crippen LogP contribution in [0.2, 0.25) is 0 Å². The molecule has 4 nitrogen and oxygen atoms in total. The van der Waals surface area contributed by atoms with Crippen LogP contribution in [0.5, 0.6) is 0 Å². The normalized spacial score (nSPS) is 10.6. The molecule has 1 aromatic heterocycles. The molecule has 0 atom stereocenters. The molecule has 2 rings (SSSR count). The highest BCUT2D eigenvalue weighted by Gasteiger charge is 2.05. The number of nitrogens with two attached hydrogens (primary N) is 1. The second-order valence-electron chi connectivity index (χ2n) is 3.52. The lowest BCUT2D eigenvalue weighted by Crippen LogP contribution is -2.02. The van der Waals surface area contributed by atoms with Crippen LogP contribution in [0.4, 0.5) is 4.39 Å². The van der Waals surface area contributed by atoms with Crippen LogP contribution >= 0.6 is 0 Å². The first kappa shape index (κ1) is 10.8. The van der Waals surface area contributed by atoms with E-state index in [2.05, 4.69) is 10.1 Å². The molecule has 1 heterocycles. The van der Waals surface area contributed by atoms with E-state index in [1.807, 2.05) is 6.07 Å². The number of benzene rings is 1. The molecule has 2 N–H and O–H groups in total. The Balaban J connectivity index is 2.23. The van der Waals surface area contributed by atoms with Crippen molar-refractivity contribution in [1.29, 1.82) is 0 Å². The molecule has 0 spiro atoms. The summed E-state index contributed by atoms with van der Waals surface area (Å²) in [5, 5.41) is 3.88. The third-order valence-electron chi connectivity index (χ3n) is 2.35. The van der Waals surface area contributed by atoms with Crippen molar-refractivity contribution in [3.8, 4) is 5.69 Å². The predicted molar refractivity (Wildman–Crippen MR) is 58.7 cm³/mol. The fraction of sp³-hybridized carbons (Fsp3) is 0.273. The van der Waals surface area contributed by atoms with Crippen LogP contribution in [0.25, 0.3) is 5.69 Å². The highest BCUT2D eigenvalue weighted by Crippen LogP contribution is 2.14. The van der Waals surface area contributed by atoms with E-state index in [9.17, 15) is 4.39 Å². The number of halogens is 1. The van der Waals surface area contributed by atoms with Crippen LogP contribution in [-0.4, -0.2) is 21.3 Å². The minimum Gasteiger partial charge on any atom is -0.330 e. The molecule has 84 valence electrons. The maximum absolute atomic E-state index is 13.7. The zero-order valence-corrected chi connectivity index (χ0v) is 8.81. The fourth-order valence-electron chi connectivity index (χ4n) is 1.53. The highest BCUT2D eigenvalue weighted by molar-refractivity contribution is 5.35. The zero-order valence-electron chi connectivity index (χ0n) is 8.81. The number of aryl methyl sites for hydroxylation is 1. The second-order valence-corrected chi connectivity index (χ2v) is 3.52. The SMILES string of the molecule is NCCCc1ccc(-n2cncn2)c(F)c1. The number of rotatable bonds is 4. The van der Waals surface area contributed by atoms with Crippen molar-refractivity contribution >= 4 is 0 Å². The summed E-state index contributed by atoms with van der Waals surface area (Å²) < 4.78 is 15.1. The van der Waals surface area contributed by atoms with E-state index in [0.29, 0.717) is 12.2 Å². The molecule has 0 unspecified atom stereocenters. The molecule has 0 fully saturated rings. The van der Waals surface area contributed by atoms with Crippen molar-refractivity contribution in [3.63, 3.8) is 0 Å². The van der Waals surface area contributed by atoms with Crippen molar-refractivity contribution in [2.75, 3.05) is 6.54 Å². The largest absolute Gasteiger partial charge is 0.330 e. The van der Waals surface area contributed by atoms with Crippen LogP contribution in [0.3, 0.4) is 0 Å². The lowest BCUT2D eigenvalue weighted by molar-refractivity contribution is 0.607. The molecule has 0 aliphatic carbocycles. The molecule has 0 aliphatic heterocycles. The van der Waals surface area contributed by atoms with Gasteiger partial charge in [0.2, 0.25) is 0 Å². The van der Waals surface area contributed by atoms with Gasteiger partial charge in [-0.3, -0.25) is 0 Å². The second kappa shape index (κ2) is 4.85. The number of hydrogen-bond acceptors (Lipinski definition) is 3. The van der Waals surface area contributed by atoms with Crippen LogP contribution in [0.15, 0.2) is 30.9 Å². The molecule has 0 radical (unpaired) electrons. The first-order valence-electron chi connectivity index (χ1n) is 5.15. The first-order chi connectivity index (χ1) is 7.81. The molecular formula is C11H13FN4. The predicted octanol–water partition coefficient (Wildman–Crippen LogP) is 1.30. The maximum atomic E-state index is 13.7. The minimum atomic E-state index is -0.292. The summed E-state index contributed by atoms with van der Waals surface area (Å²) in [6.07, 6.45) is 4.51. The van der Waals surface area contributed by atoms with Crippen LogP contribution in [-0.2, 0) is 6.42 Å². The molecule has 5 heteroatoms. The lowest BCUT2D eigenvalue weighted by Gasteiger charge is -2.05. The summed E-state index contributed by atoms with van der Waals surface area (Å²) >= 11 is 0. The van der Waals surface area contributed by atoms with Crippen molar-refractivity contribution in [2.45, 2.75) is 12.8 Å². The van der Waals surface area contributed by atoms with E-state index < -0.39 is 0 Å². The van der Waals surface area contributed by atoms with Gasteiger partial charge in [-0.2, -0.15) is 5.10 Å². The van der Waals surface area contributed by atoms with Crippen molar-refractivity contribution in [3.05, 3.63) is 42.2 Å². The Morgan fingerprint density at radius 1 is 1.38 bits per heavy atom. The topological polar surface area (TPSA) is 56.7 Å². The van der Waals surface area contributed by atoms with Crippen LogP contribution in [0, 0.1) is 5.82 Å². The number of hydrogen-bond donors (Lipinski definition) is 1. The Bertz CT molecular complexity index is 453. The maximum Gasteiger partial charge on any atom is 0.149 e. The molecule has 0 aliphatic rings. The van der Waals surface area contributed by atoms with E-state index in [4.69, 9.17) is 5.73 Å². The van der Waals surface area contributed by atoms with E-state index in [1.165, 1.54) is 23.4 Å². The van der Waals surface area contributed by atoms with Crippen LogP contribution < -0.4 is 5.73 Å². The lowest BCUT2D eigenvalue weighted by atomic mass is 10.1. The molecule has 1 aromatic carbocycles. The third kappa shape index (κ3) is 2.25. The zero-order chi connectivity index (χ0) is 11.4. The van der Waals surface area contributed by atoms with Gasteiger partial charge in [-0.25, -0.2) is 14.1 Å². The van der Waals surface area contributed by atoms with Crippen molar-refractivity contribution in [2.24, 2.45) is 5.73 Å². The van der Waals surface area contributed by atoms with Gasteiger partial charge in [-0.1, -0.05) is 6.07 Å². The summed E-state index contributed by atoms with van der Waals surface area (Å²) in [6.45, 7) is 0.618. The van der Waals surface area contributed by atoms with Gasteiger partial charge < -0.3 is 5.73 Å². The standard InChI is InChI=1S/C11H13FN4/c12-10-6-9(2-1-5-13)3-4-11(10)16-8-14-7-15-16/h3-4,6-8H,1-2,5,13H2. The van der Waals surface area contributed by atoms with Gasteiger partial charge >= 0.3 is 0 Å². The van der Waals surface area contributed by atoms with Crippen LogP contribution in [0.1, 0.15) is 12.0 Å².